The normalized spacial score (nSPS) is 15.5. The van der Waals surface area contributed by atoms with Gasteiger partial charge in [0.2, 0.25) is 0 Å². The van der Waals surface area contributed by atoms with Crippen LogP contribution in [0.4, 0.5) is 26.3 Å². The Morgan fingerprint density at radius 2 is 1.33 bits per heavy atom. The zero-order valence-corrected chi connectivity index (χ0v) is 12.1. The van der Waals surface area contributed by atoms with Crippen LogP contribution in [0.2, 0.25) is 0 Å². The lowest BCUT2D eigenvalue weighted by molar-refractivity contribution is -0.334. The van der Waals surface area contributed by atoms with Crippen LogP contribution in [-0.4, -0.2) is 17.2 Å². The Morgan fingerprint density at radius 3 is 1.83 bits per heavy atom. The summed E-state index contributed by atoms with van der Waals surface area (Å²) in [6.45, 7) is 0. The molecule has 2 rings (SSSR count). The molecule has 7 heteroatoms. The maximum atomic E-state index is 13.9. The molecule has 0 heterocycles. The van der Waals surface area contributed by atoms with Gasteiger partial charge < -0.3 is 5.11 Å². The van der Waals surface area contributed by atoms with E-state index in [1.165, 1.54) is 12.1 Å². The van der Waals surface area contributed by atoms with E-state index >= 15 is 0 Å². The van der Waals surface area contributed by atoms with E-state index in [9.17, 15) is 31.4 Å². The Labute approximate surface area is 133 Å². The summed E-state index contributed by atoms with van der Waals surface area (Å²) in [5.41, 5.74) is -4.15. The van der Waals surface area contributed by atoms with Crippen LogP contribution < -0.4 is 0 Å². The number of hydrogen-bond donors (Lipinski definition) is 1. The molecule has 0 saturated heterocycles. The maximum Gasteiger partial charge on any atom is 0.457 e. The highest BCUT2D eigenvalue weighted by Gasteiger charge is 2.69. The first-order valence-electron chi connectivity index (χ1n) is 6.75. The molecule has 1 atom stereocenters. The number of alkyl halides is 5. The second-order valence-electron chi connectivity index (χ2n) is 5.09. The molecule has 1 N–H and O–H groups in total. The Bertz CT molecular complexity index is 706. The summed E-state index contributed by atoms with van der Waals surface area (Å²) < 4.78 is 79.2. The molecular formula is C17H12F6O. The molecule has 1 nitrogen and oxygen atoms in total. The molecule has 24 heavy (non-hydrogen) atoms. The van der Waals surface area contributed by atoms with Crippen molar-refractivity contribution in [2.75, 3.05) is 0 Å². The summed E-state index contributed by atoms with van der Waals surface area (Å²) in [5.74, 6) is -6.31. The molecule has 0 aromatic heterocycles. The molecule has 0 spiro atoms. The summed E-state index contributed by atoms with van der Waals surface area (Å²) in [6.07, 6.45) is -4.69. The summed E-state index contributed by atoms with van der Waals surface area (Å²) in [4.78, 5) is 0. The molecule has 0 fully saturated rings. The molecule has 2 aromatic rings. The quantitative estimate of drug-likeness (QED) is 0.779. The second-order valence-corrected chi connectivity index (χ2v) is 5.09. The van der Waals surface area contributed by atoms with E-state index in [1.54, 1.807) is 18.2 Å². The van der Waals surface area contributed by atoms with E-state index in [2.05, 4.69) is 0 Å². The van der Waals surface area contributed by atoms with Crippen molar-refractivity contribution in [2.45, 2.75) is 17.7 Å². The van der Waals surface area contributed by atoms with Crippen LogP contribution in [0.15, 0.2) is 60.7 Å². The zero-order chi connectivity index (χ0) is 18.0. The minimum absolute atomic E-state index is 0.316. The number of benzene rings is 2. The predicted octanol–water partition coefficient (Wildman–Crippen LogP) is 4.92. The minimum Gasteiger partial charge on any atom is -0.375 e. The van der Waals surface area contributed by atoms with Gasteiger partial charge in [0.1, 0.15) is 5.82 Å². The van der Waals surface area contributed by atoms with Gasteiger partial charge in [0.25, 0.3) is 0 Å². The van der Waals surface area contributed by atoms with Gasteiger partial charge in [-0.1, -0.05) is 48.5 Å². The number of hydrogen-bond acceptors (Lipinski definition) is 1. The van der Waals surface area contributed by atoms with E-state index in [-0.39, 0.29) is 0 Å². The van der Waals surface area contributed by atoms with Gasteiger partial charge in [0, 0.05) is 0 Å². The Hall–Kier alpha value is -2.28. The fraction of sp³-hybridized carbons (Fsp3) is 0.176. The molecule has 0 aliphatic heterocycles. The smallest absolute Gasteiger partial charge is 0.375 e. The highest BCUT2D eigenvalue weighted by atomic mass is 19.4. The summed E-state index contributed by atoms with van der Waals surface area (Å²) in [5, 5.41) is 10.2. The van der Waals surface area contributed by atoms with Gasteiger partial charge >= 0.3 is 12.1 Å². The Morgan fingerprint density at radius 1 is 0.792 bits per heavy atom. The average molecular weight is 346 g/mol. The standard InChI is InChI=1S/C17H12F6O/c18-14-8-6-13(7-9-14)15(24,16(19,20)17(21,22)23)11-10-12-4-2-1-3-5-12/h1-11,24H/b11-10+. The van der Waals surface area contributed by atoms with Crippen LogP contribution in [0, 0.1) is 5.82 Å². The van der Waals surface area contributed by atoms with Crippen molar-refractivity contribution >= 4 is 6.08 Å². The molecule has 0 amide bonds. The Kier molecular flexibility index (Phi) is 4.75. The first-order chi connectivity index (χ1) is 11.1. The van der Waals surface area contributed by atoms with Gasteiger partial charge in [0.15, 0.2) is 5.60 Å². The highest BCUT2D eigenvalue weighted by Crippen LogP contribution is 2.49. The fourth-order valence-electron chi connectivity index (χ4n) is 2.08. The van der Waals surface area contributed by atoms with Crippen LogP contribution in [0.25, 0.3) is 6.08 Å². The van der Waals surface area contributed by atoms with E-state index in [0.29, 0.717) is 35.9 Å². The van der Waals surface area contributed by atoms with Gasteiger partial charge in [-0.25, -0.2) is 4.39 Å². The molecule has 0 radical (unpaired) electrons. The van der Waals surface area contributed by atoms with Crippen LogP contribution in [0.1, 0.15) is 11.1 Å². The number of halogens is 6. The van der Waals surface area contributed by atoms with Crippen molar-refractivity contribution in [3.8, 4) is 0 Å². The topological polar surface area (TPSA) is 20.2 Å². The van der Waals surface area contributed by atoms with Gasteiger partial charge in [-0.15, -0.1) is 0 Å². The molecular weight excluding hydrogens is 334 g/mol. The third-order valence-corrected chi connectivity index (χ3v) is 3.44. The lowest BCUT2D eigenvalue weighted by atomic mass is 9.85. The molecule has 2 aromatic carbocycles. The third kappa shape index (κ3) is 3.31. The van der Waals surface area contributed by atoms with Crippen molar-refractivity contribution in [3.63, 3.8) is 0 Å². The monoisotopic (exact) mass is 346 g/mol. The predicted molar refractivity (Wildman–Crippen MR) is 76.8 cm³/mol. The lowest BCUT2D eigenvalue weighted by Gasteiger charge is -2.35. The summed E-state index contributed by atoms with van der Waals surface area (Å²) >= 11 is 0. The lowest BCUT2D eigenvalue weighted by Crippen LogP contribution is -2.53. The third-order valence-electron chi connectivity index (χ3n) is 3.44. The van der Waals surface area contributed by atoms with E-state index in [1.807, 2.05) is 0 Å². The highest BCUT2D eigenvalue weighted by molar-refractivity contribution is 5.52. The van der Waals surface area contributed by atoms with Crippen molar-refractivity contribution in [2.24, 2.45) is 0 Å². The van der Waals surface area contributed by atoms with Gasteiger partial charge in [-0.3, -0.25) is 0 Å². The van der Waals surface area contributed by atoms with Crippen LogP contribution in [0.3, 0.4) is 0 Å². The molecule has 1 unspecified atom stereocenters. The molecule has 0 aliphatic rings. The van der Waals surface area contributed by atoms with E-state index < -0.39 is 29.1 Å². The first-order valence-corrected chi connectivity index (χ1v) is 6.75. The molecule has 128 valence electrons. The minimum atomic E-state index is -6.00. The molecule has 0 aliphatic carbocycles. The largest absolute Gasteiger partial charge is 0.457 e. The second kappa shape index (κ2) is 6.32. The van der Waals surface area contributed by atoms with Crippen LogP contribution in [-0.2, 0) is 5.60 Å². The van der Waals surface area contributed by atoms with Crippen molar-refractivity contribution in [1.82, 2.24) is 0 Å². The first kappa shape index (κ1) is 18.1. The zero-order valence-electron chi connectivity index (χ0n) is 12.1. The van der Waals surface area contributed by atoms with E-state index in [0.717, 1.165) is 6.08 Å². The maximum absolute atomic E-state index is 13.9. The van der Waals surface area contributed by atoms with Gasteiger partial charge in [-0.2, -0.15) is 22.0 Å². The van der Waals surface area contributed by atoms with Crippen molar-refractivity contribution in [1.29, 1.82) is 0 Å². The van der Waals surface area contributed by atoms with Crippen LogP contribution in [0.5, 0.6) is 0 Å². The SMILES string of the molecule is OC(/C=C/c1ccccc1)(c1ccc(F)cc1)C(F)(F)C(F)(F)F. The summed E-state index contributed by atoms with van der Waals surface area (Å²) in [7, 11) is 0. The molecule has 0 bridgehead atoms. The van der Waals surface area contributed by atoms with Crippen molar-refractivity contribution < 1.29 is 31.4 Å². The van der Waals surface area contributed by atoms with Crippen molar-refractivity contribution in [3.05, 3.63) is 77.6 Å². The molecule has 0 saturated carbocycles. The average Bonchev–Trinajstić information content (AvgIpc) is 2.53. The van der Waals surface area contributed by atoms with Gasteiger partial charge in [-0.05, 0) is 29.3 Å². The number of aliphatic hydroxyl groups is 1. The van der Waals surface area contributed by atoms with Crippen LogP contribution >= 0.6 is 0 Å². The number of rotatable bonds is 4. The summed E-state index contributed by atoms with van der Waals surface area (Å²) in [6, 6.07) is 10.4. The fourth-order valence-corrected chi connectivity index (χ4v) is 2.08. The van der Waals surface area contributed by atoms with Gasteiger partial charge in [0.05, 0.1) is 0 Å². The van der Waals surface area contributed by atoms with E-state index in [4.69, 9.17) is 0 Å². The Balaban J connectivity index is 2.57.